The van der Waals surface area contributed by atoms with E-state index in [0.717, 1.165) is 37.2 Å². The molecule has 0 spiro atoms. The highest BCUT2D eigenvalue weighted by atomic mass is 32.1. The molecular weight excluding hydrogens is 262 g/mol. The Morgan fingerprint density at radius 3 is 2.68 bits per heavy atom. The molecule has 0 atom stereocenters. The minimum atomic E-state index is -0.524. The third-order valence-electron chi connectivity index (χ3n) is 4.55. The lowest BCUT2D eigenvalue weighted by Gasteiger charge is -2.44. The van der Waals surface area contributed by atoms with E-state index >= 15 is 0 Å². The van der Waals surface area contributed by atoms with E-state index in [1.165, 1.54) is 11.3 Å². The first-order chi connectivity index (χ1) is 9.09. The van der Waals surface area contributed by atoms with Crippen molar-refractivity contribution in [3.05, 3.63) is 11.1 Å². The van der Waals surface area contributed by atoms with Crippen molar-refractivity contribution in [2.45, 2.75) is 37.7 Å². The van der Waals surface area contributed by atoms with Crippen LogP contribution in [0.2, 0.25) is 0 Å². The van der Waals surface area contributed by atoms with Crippen molar-refractivity contribution in [3.8, 4) is 0 Å². The zero-order valence-electron chi connectivity index (χ0n) is 11.0. The molecule has 5 nitrogen and oxygen atoms in total. The summed E-state index contributed by atoms with van der Waals surface area (Å²) in [5.74, 6) is -0.0896. The van der Waals surface area contributed by atoms with Crippen LogP contribution < -0.4 is 10.6 Å². The van der Waals surface area contributed by atoms with Crippen LogP contribution in [0.15, 0.2) is 6.20 Å². The van der Waals surface area contributed by atoms with Gasteiger partial charge in [0.15, 0.2) is 5.13 Å². The smallest absolute Gasteiger partial charge is 0.263 e. The van der Waals surface area contributed by atoms with Gasteiger partial charge in [0.2, 0.25) is 0 Å². The fourth-order valence-corrected chi connectivity index (χ4v) is 3.52. The topological polar surface area (TPSA) is 74.2 Å². The molecular formula is C13H19N3O2S. The number of carbonyl (C=O) groups excluding carboxylic acids is 1. The molecule has 1 amide bonds. The maximum Gasteiger partial charge on any atom is 0.263 e. The fraction of sp³-hybridized carbons (Fsp3) is 0.692. The van der Waals surface area contributed by atoms with Gasteiger partial charge in [-0.3, -0.25) is 4.79 Å². The van der Waals surface area contributed by atoms with E-state index in [1.54, 1.807) is 13.2 Å². The molecule has 0 aliphatic heterocycles. The standard InChI is InChI=1S/C13H19N3O2S/c1-14-11-15-7-9(19-11)10(17)16-8-12(5-6-12)13(18)3-2-4-13/h7,18H,2-6,8H2,1H3,(H,14,15)(H,16,17). The zero-order valence-corrected chi connectivity index (χ0v) is 11.8. The second kappa shape index (κ2) is 4.45. The van der Waals surface area contributed by atoms with Gasteiger partial charge in [0.05, 0.1) is 11.8 Å². The molecule has 2 saturated carbocycles. The predicted octanol–water partition coefficient (Wildman–Crippen LogP) is 1.61. The van der Waals surface area contributed by atoms with Crippen LogP contribution in [-0.2, 0) is 0 Å². The van der Waals surface area contributed by atoms with Crippen LogP contribution in [0.5, 0.6) is 0 Å². The van der Waals surface area contributed by atoms with Crippen LogP contribution in [-0.4, -0.2) is 35.2 Å². The molecule has 19 heavy (non-hydrogen) atoms. The van der Waals surface area contributed by atoms with Crippen LogP contribution in [0.25, 0.3) is 0 Å². The van der Waals surface area contributed by atoms with Crippen LogP contribution in [0.1, 0.15) is 41.8 Å². The number of rotatable bonds is 5. The van der Waals surface area contributed by atoms with Gasteiger partial charge in [-0.15, -0.1) is 0 Å². The quantitative estimate of drug-likeness (QED) is 0.766. The van der Waals surface area contributed by atoms with Crippen LogP contribution in [0.3, 0.4) is 0 Å². The molecule has 2 aliphatic rings. The summed E-state index contributed by atoms with van der Waals surface area (Å²) < 4.78 is 0. The Morgan fingerprint density at radius 1 is 1.47 bits per heavy atom. The summed E-state index contributed by atoms with van der Waals surface area (Å²) >= 11 is 1.34. The number of nitrogens with zero attached hydrogens (tertiary/aromatic N) is 1. The molecule has 2 aliphatic carbocycles. The number of thiazole rings is 1. The Labute approximate surface area is 116 Å². The second-order valence-corrected chi connectivity index (χ2v) is 6.66. The summed E-state index contributed by atoms with van der Waals surface area (Å²) in [5, 5.41) is 17.1. The minimum absolute atomic E-state index is 0.0581. The first kappa shape index (κ1) is 12.9. The Morgan fingerprint density at radius 2 is 2.21 bits per heavy atom. The predicted molar refractivity (Wildman–Crippen MR) is 74.5 cm³/mol. The molecule has 0 radical (unpaired) electrons. The van der Waals surface area contributed by atoms with Crippen molar-refractivity contribution in [2.75, 3.05) is 18.9 Å². The van der Waals surface area contributed by atoms with Gasteiger partial charge < -0.3 is 15.7 Å². The molecule has 2 fully saturated rings. The molecule has 3 rings (SSSR count). The zero-order chi connectivity index (χ0) is 13.5. The van der Waals surface area contributed by atoms with Crippen molar-refractivity contribution in [1.29, 1.82) is 0 Å². The maximum atomic E-state index is 12.0. The van der Waals surface area contributed by atoms with Crippen LogP contribution in [0, 0.1) is 5.41 Å². The highest BCUT2D eigenvalue weighted by Crippen LogP contribution is 2.60. The summed E-state index contributed by atoms with van der Waals surface area (Å²) in [6, 6.07) is 0. The molecule has 3 N–H and O–H groups in total. The number of amides is 1. The SMILES string of the molecule is CNc1ncc(C(=O)NCC2(C3(O)CCC3)CC2)s1. The Hall–Kier alpha value is -1.14. The summed E-state index contributed by atoms with van der Waals surface area (Å²) in [6.45, 7) is 0.578. The number of anilines is 1. The summed E-state index contributed by atoms with van der Waals surface area (Å²) in [4.78, 5) is 16.7. The lowest BCUT2D eigenvalue weighted by Crippen LogP contribution is -2.50. The Balaban J connectivity index is 1.59. The average Bonchev–Trinajstić information content (AvgIpc) is 3.02. The van der Waals surface area contributed by atoms with Crippen molar-refractivity contribution in [2.24, 2.45) is 5.41 Å². The number of aromatic nitrogens is 1. The molecule has 104 valence electrons. The largest absolute Gasteiger partial charge is 0.389 e. The summed E-state index contributed by atoms with van der Waals surface area (Å²) in [6.07, 6.45) is 6.50. The normalized spacial score (nSPS) is 22.4. The van der Waals surface area contributed by atoms with Gasteiger partial charge >= 0.3 is 0 Å². The van der Waals surface area contributed by atoms with E-state index in [0.29, 0.717) is 11.4 Å². The van der Waals surface area contributed by atoms with E-state index in [9.17, 15) is 9.90 Å². The van der Waals surface area contributed by atoms with E-state index in [1.807, 2.05) is 0 Å². The number of hydrogen-bond donors (Lipinski definition) is 3. The molecule has 1 heterocycles. The maximum absolute atomic E-state index is 12.0. The van der Waals surface area contributed by atoms with Gasteiger partial charge in [0.25, 0.3) is 5.91 Å². The minimum Gasteiger partial charge on any atom is -0.389 e. The lowest BCUT2D eigenvalue weighted by atomic mass is 9.69. The molecule has 0 unspecified atom stereocenters. The van der Waals surface area contributed by atoms with Gasteiger partial charge in [-0.2, -0.15) is 0 Å². The number of aliphatic hydroxyl groups is 1. The molecule has 0 bridgehead atoms. The van der Waals surface area contributed by atoms with Gasteiger partial charge in [0.1, 0.15) is 4.88 Å². The molecule has 0 aromatic carbocycles. The van der Waals surface area contributed by atoms with Crippen molar-refractivity contribution < 1.29 is 9.90 Å². The van der Waals surface area contributed by atoms with Gasteiger partial charge in [-0.1, -0.05) is 11.3 Å². The molecule has 6 heteroatoms. The number of hydrogen-bond acceptors (Lipinski definition) is 5. The molecule has 1 aromatic rings. The summed E-state index contributed by atoms with van der Waals surface area (Å²) in [5.41, 5.74) is -0.582. The molecule has 1 aromatic heterocycles. The Bertz CT molecular complexity index is 492. The number of nitrogens with one attached hydrogen (secondary N) is 2. The fourth-order valence-electron chi connectivity index (χ4n) is 2.83. The average molecular weight is 281 g/mol. The second-order valence-electron chi connectivity index (χ2n) is 5.63. The van der Waals surface area contributed by atoms with E-state index < -0.39 is 5.60 Å². The first-order valence-corrected chi connectivity index (χ1v) is 7.54. The monoisotopic (exact) mass is 281 g/mol. The number of carbonyl (C=O) groups is 1. The van der Waals surface area contributed by atoms with Gasteiger partial charge in [-0.05, 0) is 32.1 Å². The van der Waals surface area contributed by atoms with E-state index in [4.69, 9.17) is 0 Å². The van der Waals surface area contributed by atoms with E-state index in [-0.39, 0.29) is 11.3 Å². The van der Waals surface area contributed by atoms with Crippen LogP contribution in [0.4, 0.5) is 5.13 Å². The van der Waals surface area contributed by atoms with Crippen molar-refractivity contribution in [1.82, 2.24) is 10.3 Å². The van der Waals surface area contributed by atoms with Gasteiger partial charge in [0, 0.05) is 19.0 Å². The van der Waals surface area contributed by atoms with E-state index in [2.05, 4.69) is 15.6 Å². The highest BCUT2D eigenvalue weighted by Gasteiger charge is 2.60. The first-order valence-electron chi connectivity index (χ1n) is 6.73. The van der Waals surface area contributed by atoms with Crippen LogP contribution >= 0.6 is 11.3 Å². The van der Waals surface area contributed by atoms with Gasteiger partial charge in [-0.25, -0.2) is 4.98 Å². The third kappa shape index (κ3) is 2.12. The Kier molecular flexibility index (Phi) is 3.02. The molecule has 0 saturated heterocycles. The van der Waals surface area contributed by atoms with Crippen molar-refractivity contribution >= 4 is 22.4 Å². The third-order valence-corrected chi connectivity index (χ3v) is 5.57. The highest BCUT2D eigenvalue weighted by molar-refractivity contribution is 7.17. The summed E-state index contributed by atoms with van der Waals surface area (Å²) in [7, 11) is 1.78. The lowest BCUT2D eigenvalue weighted by molar-refractivity contribution is -0.0947. The van der Waals surface area contributed by atoms with Crippen molar-refractivity contribution in [3.63, 3.8) is 0 Å².